The van der Waals surface area contributed by atoms with Crippen molar-refractivity contribution in [3.8, 4) is 0 Å². The number of anilines is 1. The summed E-state index contributed by atoms with van der Waals surface area (Å²) in [5, 5.41) is 4.64. The van der Waals surface area contributed by atoms with Gasteiger partial charge < -0.3 is 19.2 Å². The van der Waals surface area contributed by atoms with Gasteiger partial charge in [0.15, 0.2) is 0 Å². The first-order chi connectivity index (χ1) is 18.1. The number of halogens is 1. The van der Waals surface area contributed by atoms with Gasteiger partial charge in [-0.1, -0.05) is 42.5 Å². The zero-order valence-electron chi connectivity index (χ0n) is 20.6. The van der Waals surface area contributed by atoms with Crippen LogP contribution in [-0.4, -0.2) is 40.1 Å². The monoisotopic (exact) mass is 496 g/mol. The Kier molecular flexibility index (Phi) is 6.45. The van der Waals surface area contributed by atoms with E-state index in [9.17, 15) is 9.18 Å². The lowest BCUT2D eigenvalue weighted by Gasteiger charge is -2.32. The van der Waals surface area contributed by atoms with Crippen molar-refractivity contribution in [2.75, 3.05) is 25.0 Å². The SMILES string of the molecule is O=c1oc2ccccc2cc1CCN1CCC(Nc2nc3ccccc3n2Cc2ccc(F)cc2)CC1. The van der Waals surface area contributed by atoms with Crippen LogP contribution in [0.2, 0.25) is 0 Å². The predicted octanol–water partition coefficient (Wildman–Crippen LogP) is 5.45. The van der Waals surface area contributed by atoms with Crippen LogP contribution >= 0.6 is 0 Å². The first-order valence-electron chi connectivity index (χ1n) is 12.8. The lowest BCUT2D eigenvalue weighted by Crippen LogP contribution is -2.40. The summed E-state index contributed by atoms with van der Waals surface area (Å²) in [7, 11) is 0. The van der Waals surface area contributed by atoms with Crippen molar-refractivity contribution in [3.63, 3.8) is 0 Å². The van der Waals surface area contributed by atoms with Crippen molar-refractivity contribution in [1.82, 2.24) is 14.5 Å². The summed E-state index contributed by atoms with van der Waals surface area (Å²) in [6, 6.07) is 24.7. The van der Waals surface area contributed by atoms with Gasteiger partial charge in [0.2, 0.25) is 5.95 Å². The van der Waals surface area contributed by atoms with Crippen molar-refractivity contribution in [3.05, 3.63) is 106 Å². The van der Waals surface area contributed by atoms with E-state index in [1.165, 1.54) is 12.1 Å². The molecular weight excluding hydrogens is 467 g/mol. The Morgan fingerprint density at radius 1 is 0.973 bits per heavy atom. The quantitative estimate of drug-likeness (QED) is 0.304. The zero-order valence-corrected chi connectivity index (χ0v) is 20.6. The normalized spacial score (nSPS) is 14.9. The highest BCUT2D eigenvalue weighted by Crippen LogP contribution is 2.24. The lowest BCUT2D eigenvalue weighted by atomic mass is 10.0. The maximum absolute atomic E-state index is 13.4. The second-order valence-corrected chi connectivity index (χ2v) is 9.74. The molecule has 37 heavy (non-hydrogen) atoms. The molecule has 0 amide bonds. The zero-order chi connectivity index (χ0) is 25.2. The van der Waals surface area contributed by atoms with E-state index in [-0.39, 0.29) is 11.4 Å². The van der Waals surface area contributed by atoms with Crippen LogP contribution in [0.1, 0.15) is 24.0 Å². The molecule has 3 aromatic carbocycles. The second-order valence-electron chi connectivity index (χ2n) is 9.74. The Balaban J connectivity index is 1.10. The average molecular weight is 497 g/mol. The van der Waals surface area contributed by atoms with Gasteiger partial charge in [-0.05, 0) is 61.2 Å². The first-order valence-corrected chi connectivity index (χ1v) is 12.8. The van der Waals surface area contributed by atoms with E-state index in [1.54, 1.807) is 0 Å². The van der Waals surface area contributed by atoms with Gasteiger partial charge in [0, 0.05) is 36.6 Å². The Labute approximate surface area is 214 Å². The lowest BCUT2D eigenvalue weighted by molar-refractivity contribution is 0.220. The van der Waals surface area contributed by atoms with Crippen LogP contribution in [0.15, 0.2) is 88.1 Å². The molecule has 0 bridgehead atoms. The molecule has 1 saturated heterocycles. The third-order valence-corrected chi connectivity index (χ3v) is 7.24. The molecule has 0 unspecified atom stereocenters. The number of hydrogen-bond acceptors (Lipinski definition) is 5. The van der Waals surface area contributed by atoms with Gasteiger partial charge in [0.1, 0.15) is 11.4 Å². The summed E-state index contributed by atoms with van der Waals surface area (Å²) >= 11 is 0. The minimum atomic E-state index is -0.240. The van der Waals surface area contributed by atoms with Gasteiger partial charge in [-0.2, -0.15) is 0 Å². The number of piperidine rings is 1. The van der Waals surface area contributed by atoms with Gasteiger partial charge >= 0.3 is 5.63 Å². The maximum atomic E-state index is 13.4. The predicted molar refractivity (Wildman–Crippen MR) is 145 cm³/mol. The number of rotatable bonds is 7. The summed E-state index contributed by atoms with van der Waals surface area (Å²) in [6.45, 7) is 3.36. The summed E-state index contributed by atoms with van der Waals surface area (Å²) in [5.41, 5.74) is 4.15. The number of para-hydroxylation sites is 3. The number of imidazole rings is 1. The molecule has 0 saturated carbocycles. The van der Waals surface area contributed by atoms with Crippen LogP contribution in [0.25, 0.3) is 22.0 Å². The van der Waals surface area contributed by atoms with Crippen LogP contribution in [0, 0.1) is 5.82 Å². The average Bonchev–Trinajstić information content (AvgIpc) is 3.26. The second kappa shape index (κ2) is 10.2. The summed E-state index contributed by atoms with van der Waals surface area (Å²) in [5.74, 6) is 0.614. The van der Waals surface area contributed by atoms with Crippen molar-refractivity contribution < 1.29 is 8.81 Å². The number of benzene rings is 3. The van der Waals surface area contributed by atoms with Crippen molar-refractivity contribution in [2.24, 2.45) is 0 Å². The third kappa shape index (κ3) is 5.13. The van der Waals surface area contributed by atoms with E-state index in [4.69, 9.17) is 9.40 Å². The number of likely N-dealkylation sites (tertiary alicyclic amines) is 1. The minimum Gasteiger partial charge on any atom is -0.423 e. The van der Waals surface area contributed by atoms with E-state index >= 15 is 0 Å². The molecule has 1 aliphatic heterocycles. The maximum Gasteiger partial charge on any atom is 0.339 e. The summed E-state index contributed by atoms with van der Waals surface area (Å²) < 4.78 is 21.1. The molecule has 0 aliphatic carbocycles. The molecule has 1 N–H and O–H groups in total. The van der Waals surface area contributed by atoms with Crippen molar-refractivity contribution in [2.45, 2.75) is 31.8 Å². The highest BCUT2D eigenvalue weighted by molar-refractivity contribution is 5.79. The van der Waals surface area contributed by atoms with Gasteiger partial charge in [0.05, 0.1) is 17.6 Å². The molecule has 5 aromatic rings. The summed E-state index contributed by atoms with van der Waals surface area (Å²) in [6.07, 6.45) is 2.66. The smallest absolute Gasteiger partial charge is 0.339 e. The first kappa shape index (κ1) is 23.4. The number of fused-ring (bicyclic) bond motifs is 2. The molecule has 7 heteroatoms. The van der Waals surface area contributed by atoms with Crippen LogP contribution < -0.4 is 10.9 Å². The molecule has 188 valence electrons. The highest BCUT2D eigenvalue weighted by Gasteiger charge is 2.22. The van der Waals surface area contributed by atoms with Crippen LogP contribution in [0.5, 0.6) is 0 Å². The van der Waals surface area contributed by atoms with Crippen LogP contribution in [0.4, 0.5) is 10.3 Å². The molecule has 6 rings (SSSR count). The number of hydrogen-bond donors (Lipinski definition) is 1. The van der Waals surface area contributed by atoms with Crippen molar-refractivity contribution >= 4 is 28.0 Å². The number of nitrogens with zero attached hydrogens (tertiary/aromatic N) is 3. The fourth-order valence-electron chi connectivity index (χ4n) is 5.16. The molecule has 0 spiro atoms. The van der Waals surface area contributed by atoms with E-state index < -0.39 is 0 Å². The van der Waals surface area contributed by atoms with E-state index in [0.29, 0.717) is 24.6 Å². The molecule has 0 atom stereocenters. The number of aromatic nitrogens is 2. The third-order valence-electron chi connectivity index (χ3n) is 7.24. The number of nitrogens with one attached hydrogen (secondary N) is 1. The standard InChI is InChI=1S/C30H29FN4O2/c31-24-11-9-21(10-12-24)20-35-27-7-3-2-6-26(27)33-30(35)32-25-14-17-34(18-15-25)16-13-23-19-22-5-1-4-8-28(22)37-29(23)36/h1-12,19,25H,13-18,20H2,(H,32,33). The Hall–Kier alpha value is -3.97. The fourth-order valence-corrected chi connectivity index (χ4v) is 5.16. The molecule has 1 aliphatic rings. The fraction of sp³-hybridized carbons (Fsp3) is 0.267. The molecular formula is C30H29FN4O2. The largest absolute Gasteiger partial charge is 0.423 e. The molecule has 1 fully saturated rings. The van der Waals surface area contributed by atoms with E-state index in [2.05, 4.69) is 20.9 Å². The molecule has 3 heterocycles. The van der Waals surface area contributed by atoms with Crippen LogP contribution in [0.3, 0.4) is 0 Å². The van der Waals surface area contributed by atoms with Gasteiger partial charge in [-0.15, -0.1) is 0 Å². The molecule has 0 radical (unpaired) electrons. The molecule has 2 aromatic heterocycles. The van der Waals surface area contributed by atoms with E-state index in [1.807, 2.05) is 60.7 Å². The van der Waals surface area contributed by atoms with Crippen molar-refractivity contribution in [1.29, 1.82) is 0 Å². The van der Waals surface area contributed by atoms with Crippen LogP contribution in [-0.2, 0) is 13.0 Å². The highest BCUT2D eigenvalue weighted by atomic mass is 19.1. The van der Waals surface area contributed by atoms with E-state index in [0.717, 1.165) is 66.0 Å². The Bertz CT molecular complexity index is 1580. The van der Waals surface area contributed by atoms with Gasteiger partial charge in [-0.3, -0.25) is 0 Å². The summed E-state index contributed by atoms with van der Waals surface area (Å²) in [4.78, 5) is 19.7. The van der Waals surface area contributed by atoms with Gasteiger partial charge in [-0.25, -0.2) is 14.2 Å². The Morgan fingerprint density at radius 2 is 1.73 bits per heavy atom. The topological polar surface area (TPSA) is 63.3 Å². The minimum absolute atomic E-state index is 0.231. The van der Waals surface area contributed by atoms with Gasteiger partial charge in [0.25, 0.3) is 0 Å². The molecule has 6 nitrogen and oxygen atoms in total. The Morgan fingerprint density at radius 3 is 2.57 bits per heavy atom.